The van der Waals surface area contributed by atoms with Crippen molar-refractivity contribution >= 4 is 22.3 Å². The number of fused-ring (bicyclic) bond motifs is 2. The van der Waals surface area contributed by atoms with Gasteiger partial charge in [-0.2, -0.15) is 5.10 Å². The molecule has 2 aliphatic rings. The average Bonchev–Trinajstić information content (AvgIpc) is 3.53. The summed E-state index contributed by atoms with van der Waals surface area (Å²) < 4.78 is 15.0. The largest absolute Gasteiger partial charge is 0.354 e. The third-order valence-corrected chi connectivity index (χ3v) is 7.81. The molecule has 0 spiro atoms. The van der Waals surface area contributed by atoms with E-state index in [-0.39, 0.29) is 5.82 Å². The Morgan fingerprint density at radius 1 is 1.00 bits per heavy atom. The van der Waals surface area contributed by atoms with Crippen molar-refractivity contribution in [2.24, 2.45) is 0 Å². The van der Waals surface area contributed by atoms with Crippen molar-refractivity contribution in [1.29, 1.82) is 0 Å². The van der Waals surface area contributed by atoms with Gasteiger partial charge in [-0.25, -0.2) is 4.39 Å². The van der Waals surface area contributed by atoms with E-state index in [9.17, 15) is 0 Å². The molecule has 4 nitrogen and oxygen atoms in total. The number of nitrogens with zero attached hydrogens (tertiary/aromatic N) is 2. The standard InChI is InChI=1S/C31H33FN4/c1-20-27(15-22(16-29(20)32)19-36-13-4-3-5-14-36)25-10-12-30-28(18-25)31(35-34-30)21(2)33-26-11-9-23-7-6-8-24(23)17-26/h9-12,15-18,33H,2-8,13-14,19H2,1H3,(H,34,35). The molecule has 3 aromatic carbocycles. The van der Waals surface area contributed by atoms with Crippen LogP contribution >= 0.6 is 0 Å². The zero-order valence-electron chi connectivity index (χ0n) is 21.0. The summed E-state index contributed by atoms with van der Waals surface area (Å²) in [5.74, 6) is -0.144. The lowest BCUT2D eigenvalue weighted by molar-refractivity contribution is 0.220. The Hall–Kier alpha value is -3.44. The molecule has 0 atom stereocenters. The van der Waals surface area contributed by atoms with Gasteiger partial charge in [-0.15, -0.1) is 0 Å². The van der Waals surface area contributed by atoms with Gasteiger partial charge in [0.05, 0.1) is 11.2 Å². The molecule has 1 fully saturated rings. The number of anilines is 1. The number of H-pyrrole nitrogens is 1. The van der Waals surface area contributed by atoms with Crippen LogP contribution in [0.2, 0.25) is 0 Å². The van der Waals surface area contributed by atoms with Crippen LogP contribution in [0.4, 0.5) is 10.1 Å². The SMILES string of the molecule is C=C(Nc1ccc2c(c1)CCC2)c1n[nH]c2ccc(-c3cc(CN4CCCCC4)cc(F)c3C)cc12. The second-order valence-corrected chi connectivity index (χ2v) is 10.4. The molecule has 1 aliphatic heterocycles. The summed E-state index contributed by atoms with van der Waals surface area (Å²) >= 11 is 0. The van der Waals surface area contributed by atoms with Gasteiger partial charge in [0.2, 0.25) is 0 Å². The number of halogens is 1. The normalized spacial score (nSPS) is 15.8. The highest BCUT2D eigenvalue weighted by Crippen LogP contribution is 2.33. The van der Waals surface area contributed by atoms with E-state index in [1.54, 1.807) is 6.07 Å². The molecule has 0 amide bonds. The molecule has 6 rings (SSSR count). The topological polar surface area (TPSA) is 44.0 Å². The van der Waals surface area contributed by atoms with Crippen LogP contribution in [0.3, 0.4) is 0 Å². The Morgan fingerprint density at radius 2 is 1.83 bits per heavy atom. The second-order valence-electron chi connectivity index (χ2n) is 10.4. The van der Waals surface area contributed by atoms with Crippen molar-refractivity contribution in [2.45, 2.75) is 52.0 Å². The van der Waals surface area contributed by atoms with Crippen LogP contribution in [0.5, 0.6) is 0 Å². The number of nitrogens with one attached hydrogen (secondary N) is 2. The molecular formula is C31H33FN4. The van der Waals surface area contributed by atoms with Crippen LogP contribution in [0, 0.1) is 12.7 Å². The predicted octanol–water partition coefficient (Wildman–Crippen LogP) is 7.23. The molecule has 1 aromatic heterocycles. The molecule has 0 bridgehead atoms. The van der Waals surface area contributed by atoms with E-state index in [0.717, 1.165) is 70.7 Å². The fourth-order valence-electron chi connectivity index (χ4n) is 5.80. The van der Waals surface area contributed by atoms with Crippen molar-refractivity contribution in [3.63, 3.8) is 0 Å². The third-order valence-electron chi connectivity index (χ3n) is 7.81. The van der Waals surface area contributed by atoms with Crippen molar-refractivity contribution < 1.29 is 4.39 Å². The minimum Gasteiger partial charge on any atom is -0.354 e. The zero-order chi connectivity index (χ0) is 24.6. The molecule has 4 aromatic rings. The highest BCUT2D eigenvalue weighted by molar-refractivity contribution is 5.95. The van der Waals surface area contributed by atoms with Gasteiger partial charge in [0.15, 0.2) is 0 Å². The summed E-state index contributed by atoms with van der Waals surface area (Å²) in [5, 5.41) is 12.1. The van der Waals surface area contributed by atoms with Crippen molar-refractivity contribution in [3.8, 4) is 11.1 Å². The van der Waals surface area contributed by atoms with E-state index in [2.05, 4.69) is 57.3 Å². The van der Waals surface area contributed by atoms with E-state index in [1.165, 1.54) is 43.2 Å². The summed E-state index contributed by atoms with van der Waals surface area (Å²) in [6.45, 7) is 9.14. The highest BCUT2D eigenvalue weighted by Gasteiger charge is 2.17. The van der Waals surface area contributed by atoms with Gasteiger partial charge in [-0.1, -0.05) is 25.1 Å². The van der Waals surface area contributed by atoms with Gasteiger partial charge in [0, 0.05) is 17.6 Å². The predicted molar refractivity (Wildman–Crippen MR) is 146 cm³/mol. The van der Waals surface area contributed by atoms with E-state index >= 15 is 4.39 Å². The van der Waals surface area contributed by atoms with Gasteiger partial charge in [0.25, 0.3) is 0 Å². The maximum Gasteiger partial charge on any atom is 0.127 e. The van der Waals surface area contributed by atoms with Crippen molar-refractivity contribution in [3.05, 3.63) is 88.9 Å². The lowest BCUT2D eigenvalue weighted by Gasteiger charge is -2.26. The quantitative estimate of drug-likeness (QED) is 0.306. The van der Waals surface area contributed by atoms with Crippen LogP contribution in [-0.4, -0.2) is 28.2 Å². The van der Waals surface area contributed by atoms with Gasteiger partial charge in [0.1, 0.15) is 11.5 Å². The third kappa shape index (κ3) is 4.44. The summed E-state index contributed by atoms with van der Waals surface area (Å²) in [4.78, 5) is 2.43. The zero-order valence-corrected chi connectivity index (χ0v) is 21.0. The Morgan fingerprint density at radius 3 is 2.69 bits per heavy atom. The summed E-state index contributed by atoms with van der Waals surface area (Å²) in [6.07, 6.45) is 7.28. The number of hydrogen-bond acceptors (Lipinski definition) is 3. The van der Waals surface area contributed by atoms with Gasteiger partial charge in [-0.3, -0.25) is 10.00 Å². The summed E-state index contributed by atoms with van der Waals surface area (Å²) in [7, 11) is 0. The first-order valence-corrected chi connectivity index (χ1v) is 13.1. The molecule has 1 aliphatic carbocycles. The Balaban J connectivity index is 1.30. The molecule has 1 saturated heterocycles. The Kier molecular flexibility index (Phi) is 6.10. The van der Waals surface area contributed by atoms with Crippen LogP contribution < -0.4 is 5.32 Å². The summed E-state index contributed by atoms with van der Waals surface area (Å²) in [6, 6.07) is 16.6. The van der Waals surface area contributed by atoms with Crippen LogP contribution in [-0.2, 0) is 19.4 Å². The molecule has 2 N–H and O–H groups in total. The first-order chi connectivity index (χ1) is 17.5. The molecule has 184 valence electrons. The van der Waals surface area contributed by atoms with Gasteiger partial charge in [-0.05, 0) is 122 Å². The fourth-order valence-corrected chi connectivity index (χ4v) is 5.80. The molecule has 36 heavy (non-hydrogen) atoms. The lowest BCUT2D eigenvalue weighted by Crippen LogP contribution is -2.29. The first kappa shape index (κ1) is 23.0. The molecular weight excluding hydrogens is 447 g/mol. The monoisotopic (exact) mass is 480 g/mol. The molecule has 0 unspecified atom stereocenters. The van der Waals surface area contributed by atoms with Crippen LogP contribution in [0.25, 0.3) is 27.7 Å². The lowest BCUT2D eigenvalue weighted by atomic mass is 9.95. The van der Waals surface area contributed by atoms with Gasteiger partial charge < -0.3 is 5.32 Å². The number of aryl methyl sites for hydroxylation is 2. The van der Waals surface area contributed by atoms with E-state index in [1.807, 2.05) is 19.1 Å². The minimum absolute atomic E-state index is 0.144. The number of hydrogen-bond donors (Lipinski definition) is 2. The summed E-state index contributed by atoms with van der Waals surface area (Å²) in [5.41, 5.74) is 10.0. The maximum absolute atomic E-state index is 15.0. The number of rotatable bonds is 6. The maximum atomic E-state index is 15.0. The van der Waals surface area contributed by atoms with E-state index in [0.29, 0.717) is 5.56 Å². The van der Waals surface area contributed by atoms with Crippen LogP contribution in [0.1, 0.15) is 53.6 Å². The van der Waals surface area contributed by atoms with Gasteiger partial charge >= 0.3 is 0 Å². The van der Waals surface area contributed by atoms with Crippen molar-refractivity contribution in [1.82, 2.24) is 15.1 Å². The molecule has 2 heterocycles. The fraction of sp³-hybridized carbons (Fsp3) is 0.323. The second kappa shape index (κ2) is 9.55. The number of benzene rings is 3. The van der Waals surface area contributed by atoms with E-state index in [4.69, 9.17) is 0 Å². The molecule has 0 radical (unpaired) electrons. The number of likely N-dealkylation sites (tertiary alicyclic amines) is 1. The number of aromatic amines is 1. The first-order valence-electron chi connectivity index (χ1n) is 13.1. The van der Waals surface area contributed by atoms with Crippen molar-refractivity contribution in [2.75, 3.05) is 18.4 Å². The Bertz CT molecular complexity index is 1440. The number of aromatic nitrogens is 2. The average molecular weight is 481 g/mol. The Labute approximate surface area is 212 Å². The van der Waals surface area contributed by atoms with Crippen LogP contribution in [0.15, 0.2) is 55.1 Å². The smallest absolute Gasteiger partial charge is 0.127 e. The molecule has 0 saturated carbocycles. The minimum atomic E-state index is -0.144. The molecule has 5 heteroatoms. The van der Waals surface area contributed by atoms with E-state index < -0.39 is 0 Å². The highest BCUT2D eigenvalue weighted by atomic mass is 19.1. The number of piperidine rings is 1.